The fraction of sp³-hybridized carbons (Fsp3) is 0.923. The Morgan fingerprint density at radius 2 is 1.35 bits per heavy atom. The van der Waals surface area contributed by atoms with Crippen LogP contribution in [0.3, 0.4) is 0 Å². The van der Waals surface area contributed by atoms with Crippen molar-refractivity contribution in [1.82, 2.24) is 10.6 Å². The third-order valence-corrected chi connectivity index (χ3v) is 4.05. The van der Waals surface area contributed by atoms with E-state index in [0.717, 1.165) is 38.5 Å². The first-order valence-corrected chi connectivity index (χ1v) is 7.06. The van der Waals surface area contributed by atoms with Crippen molar-refractivity contribution in [3.63, 3.8) is 0 Å². The van der Waals surface area contributed by atoms with Gasteiger partial charge in [-0.1, -0.05) is 19.3 Å². The third kappa shape index (κ3) is 4.19. The van der Waals surface area contributed by atoms with Gasteiger partial charge in [-0.05, 0) is 38.5 Å². The summed E-state index contributed by atoms with van der Waals surface area (Å²) in [5.41, 5.74) is 5.85. The fourth-order valence-corrected chi connectivity index (χ4v) is 2.92. The van der Waals surface area contributed by atoms with Crippen molar-refractivity contribution in [1.29, 1.82) is 0 Å². The van der Waals surface area contributed by atoms with Crippen LogP contribution in [0, 0.1) is 0 Å². The largest absolute Gasteiger partial charge is 0.335 e. The Balaban J connectivity index is 1.66. The average molecular weight is 239 g/mol. The van der Waals surface area contributed by atoms with E-state index >= 15 is 0 Å². The molecule has 0 bridgehead atoms. The van der Waals surface area contributed by atoms with E-state index < -0.39 is 0 Å². The van der Waals surface area contributed by atoms with E-state index in [-0.39, 0.29) is 6.03 Å². The molecule has 0 aliphatic heterocycles. The van der Waals surface area contributed by atoms with Gasteiger partial charge >= 0.3 is 6.03 Å². The van der Waals surface area contributed by atoms with Crippen molar-refractivity contribution in [2.45, 2.75) is 75.9 Å². The highest BCUT2D eigenvalue weighted by Crippen LogP contribution is 2.18. The van der Waals surface area contributed by atoms with Crippen molar-refractivity contribution in [3.05, 3.63) is 0 Å². The van der Waals surface area contributed by atoms with E-state index in [4.69, 9.17) is 5.73 Å². The Kier molecular flexibility index (Phi) is 4.66. The van der Waals surface area contributed by atoms with Crippen LogP contribution in [0.25, 0.3) is 0 Å². The summed E-state index contributed by atoms with van der Waals surface area (Å²) >= 11 is 0. The molecule has 4 nitrogen and oxygen atoms in total. The van der Waals surface area contributed by atoms with Crippen molar-refractivity contribution in [3.8, 4) is 0 Å². The van der Waals surface area contributed by atoms with Crippen molar-refractivity contribution in [2.24, 2.45) is 5.73 Å². The number of nitrogens with two attached hydrogens (primary N) is 1. The topological polar surface area (TPSA) is 67.1 Å². The summed E-state index contributed by atoms with van der Waals surface area (Å²) in [5, 5.41) is 6.18. The highest BCUT2D eigenvalue weighted by molar-refractivity contribution is 5.74. The third-order valence-electron chi connectivity index (χ3n) is 4.05. The monoisotopic (exact) mass is 239 g/mol. The standard InChI is InChI=1S/C13H25N3O/c14-10-6-8-12(9-7-10)16-13(17)15-11-4-2-1-3-5-11/h10-12H,1-9,14H2,(H2,15,16,17)/t10-,12-. The molecule has 0 atom stereocenters. The molecule has 0 spiro atoms. The Morgan fingerprint density at radius 1 is 0.824 bits per heavy atom. The first-order chi connectivity index (χ1) is 8.24. The van der Waals surface area contributed by atoms with Crippen molar-refractivity contribution >= 4 is 6.03 Å². The van der Waals surface area contributed by atoms with Crippen molar-refractivity contribution < 1.29 is 4.79 Å². The smallest absolute Gasteiger partial charge is 0.315 e. The normalized spacial score (nSPS) is 30.9. The van der Waals surface area contributed by atoms with Crippen molar-refractivity contribution in [2.75, 3.05) is 0 Å². The quantitative estimate of drug-likeness (QED) is 0.689. The van der Waals surface area contributed by atoms with E-state index in [2.05, 4.69) is 10.6 Å². The van der Waals surface area contributed by atoms with Gasteiger partial charge in [0.2, 0.25) is 0 Å². The van der Waals surface area contributed by atoms with Gasteiger partial charge in [-0.15, -0.1) is 0 Å². The number of nitrogens with one attached hydrogen (secondary N) is 2. The van der Waals surface area contributed by atoms with Gasteiger partial charge in [-0.2, -0.15) is 0 Å². The van der Waals surface area contributed by atoms with Gasteiger partial charge in [0.05, 0.1) is 0 Å². The molecule has 0 heterocycles. The van der Waals surface area contributed by atoms with Crippen LogP contribution < -0.4 is 16.4 Å². The van der Waals surface area contributed by atoms with E-state index in [1.54, 1.807) is 0 Å². The Hall–Kier alpha value is -0.770. The minimum atomic E-state index is 0.0253. The Morgan fingerprint density at radius 3 is 1.94 bits per heavy atom. The molecule has 0 aromatic rings. The molecule has 2 fully saturated rings. The summed E-state index contributed by atoms with van der Waals surface area (Å²) in [7, 11) is 0. The van der Waals surface area contributed by atoms with Crippen LogP contribution in [0.5, 0.6) is 0 Å². The zero-order chi connectivity index (χ0) is 12.1. The molecule has 4 heteroatoms. The van der Waals surface area contributed by atoms with Crippen LogP contribution in [0.2, 0.25) is 0 Å². The summed E-state index contributed by atoms with van der Waals surface area (Å²) in [5.74, 6) is 0. The summed E-state index contributed by atoms with van der Waals surface area (Å²) in [6.45, 7) is 0. The molecule has 0 radical (unpaired) electrons. The van der Waals surface area contributed by atoms with Crippen LogP contribution in [0.15, 0.2) is 0 Å². The lowest BCUT2D eigenvalue weighted by atomic mass is 9.92. The molecule has 17 heavy (non-hydrogen) atoms. The van der Waals surface area contributed by atoms with Gasteiger partial charge in [0, 0.05) is 18.1 Å². The lowest BCUT2D eigenvalue weighted by Crippen LogP contribution is -2.48. The molecule has 98 valence electrons. The van der Waals surface area contributed by atoms with Crippen LogP contribution in [0.1, 0.15) is 57.8 Å². The summed E-state index contributed by atoms with van der Waals surface area (Å²) in [6, 6.07) is 1.10. The van der Waals surface area contributed by atoms with Crippen LogP contribution >= 0.6 is 0 Å². The maximum Gasteiger partial charge on any atom is 0.315 e. The van der Waals surface area contributed by atoms with E-state index in [0.29, 0.717) is 18.1 Å². The molecule has 2 amide bonds. The number of amides is 2. The number of urea groups is 1. The molecule has 0 aromatic carbocycles. The van der Waals surface area contributed by atoms with Gasteiger partial charge in [0.1, 0.15) is 0 Å². The molecule has 0 aromatic heterocycles. The molecular formula is C13H25N3O. The number of rotatable bonds is 2. The Labute approximate surface area is 104 Å². The summed E-state index contributed by atoms with van der Waals surface area (Å²) < 4.78 is 0. The predicted octanol–water partition coefficient (Wildman–Crippen LogP) is 1.89. The molecule has 2 saturated carbocycles. The molecule has 0 saturated heterocycles. The lowest BCUT2D eigenvalue weighted by Gasteiger charge is -2.28. The molecule has 0 unspecified atom stereocenters. The summed E-state index contributed by atoms with van der Waals surface area (Å²) in [6.07, 6.45) is 10.2. The molecule has 2 aliphatic rings. The zero-order valence-corrected chi connectivity index (χ0v) is 10.6. The van der Waals surface area contributed by atoms with Crippen LogP contribution in [-0.2, 0) is 0 Å². The van der Waals surface area contributed by atoms with Gasteiger partial charge in [0.25, 0.3) is 0 Å². The SMILES string of the molecule is N[C@H]1CC[C@H](NC(=O)NC2CCCCC2)CC1. The minimum absolute atomic E-state index is 0.0253. The molecule has 2 aliphatic carbocycles. The second kappa shape index (κ2) is 6.24. The lowest BCUT2D eigenvalue weighted by molar-refractivity contribution is 0.223. The van der Waals surface area contributed by atoms with Gasteiger partial charge < -0.3 is 16.4 Å². The number of hydrogen-bond acceptors (Lipinski definition) is 2. The zero-order valence-electron chi connectivity index (χ0n) is 10.6. The second-order valence-electron chi connectivity index (χ2n) is 5.56. The molecular weight excluding hydrogens is 214 g/mol. The minimum Gasteiger partial charge on any atom is -0.335 e. The fourth-order valence-electron chi connectivity index (χ4n) is 2.92. The van der Waals surface area contributed by atoms with Gasteiger partial charge in [-0.3, -0.25) is 0 Å². The maximum absolute atomic E-state index is 11.8. The second-order valence-corrected chi connectivity index (χ2v) is 5.56. The first-order valence-electron chi connectivity index (χ1n) is 7.06. The maximum atomic E-state index is 11.8. The number of hydrogen-bond donors (Lipinski definition) is 3. The first kappa shape index (κ1) is 12.7. The van der Waals surface area contributed by atoms with E-state index in [9.17, 15) is 4.79 Å². The highest BCUT2D eigenvalue weighted by Gasteiger charge is 2.21. The Bertz CT molecular complexity index is 243. The van der Waals surface area contributed by atoms with Crippen LogP contribution in [0.4, 0.5) is 4.79 Å². The summed E-state index contributed by atoms with van der Waals surface area (Å²) in [4.78, 5) is 11.8. The molecule has 2 rings (SSSR count). The van der Waals surface area contributed by atoms with Crippen LogP contribution in [-0.4, -0.2) is 24.2 Å². The number of carbonyl (C=O) groups excluding carboxylic acids is 1. The highest BCUT2D eigenvalue weighted by atomic mass is 16.2. The van der Waals surface area contributed by atoms with E-state index in [1.807, 2.05) is 0 Å². The molecule has 4 N–H and O–H groups in total. The van der Waals surface area contributed by atoms with Gasteiger partial charge in [-0.25, -0.2) is 4.79 Å². The number of carbonyl (C=O) groups is 1. The van der Waals surface area contributed by atoms with E-state index in [1.165, 1.54) is 19.3 Å². The predicted molar refractivity (Wildman–Crippen MR) is 68.8 cm³/mol. The average Bonchev–Trinajstić information content (AvgIpc) is 2.33. The van der Waals surface area contributed by atoms with Gasteiger partial charge in [0.15, 0.2) is 0 Å².